The molecule has 3 aromatic carbocycles. The van der Waals surface area contributed by atoms with Crippen molar-refractivity contribution in [1.82, 2.24) is 0 Å². The van der Waals surface area contributed by atoms with Crippen LogP contribution in [0.5, 0.6) is 0 Å². The molecule has 0 heteroatoms. The van der Waals surface area contributed by atoms with Crippen molar-refractivity contribution >= 4 is 10.8 Å². The molecule has 0 unspecified atom stereocenters. The molecule has 0 radical (unpaired) electrons. The second kappa shape index (κ2) is 17.3. The van der Waals surface area contributed by atoms with E-state index >= 15 is 0 Å². The summed E-state index contributed by atoms with van der Waals surface area (Å²) >= 11 is 0. The molecule has 3 aromatic rings. The highest BCUT2D eigenvalue weighted by atomic mass is 14.0. The average molecular weight is 325 g/mol. The third kappa shape index (κ3) is 9.15. The fourth-order valence-corrected chi connectivity index (χ4v) is 1.99. The molecule has 0 saturated carbocycles. The van der Waals surface area contributed by atoms with Gasteiger partial charge in [-0.05, 0) is 35.7 Å². The highest BCUT2D eigenvalue weighted by Crippen LogP contribution is 2.20. The Morgan fingerprint density at radius 3 is 0.875 bits per heavy atom. The molecule has 0 saturated heterocycles. The van der Waals surface area contributed by atoms with Crippen LogP contribution in [0.2, 0.25) is 0 Å². The highest BCUT2D eigenvalue weighted by Gasteiger charge is 1.97. The monoisotopic (exact) mass is 324 g/mol. The SMILES string of the molecule is CC.CC.CC.Cc1ccc(C)c2ccccc12.c1ccccc1. The zero-order chi connectivity index (χ0) is 18.8. The van der Waals surface area contributed by atoms with Gasteiger partial charge in [0.15, 0.2) is 0 Å². The molecule has 0 aliphatic heterocycles. The van der Waals surface area contributed by atoms with Crippen molar-refractivity contribution in [2.45, 2.75) is 55.4 Å². The van der Waals surface area contributed by atoms with E-state index in [4.69, 9.17) is 0 Å². The maximum atomic E-state index is 2.18. The normalized spacial score (nSPS) is 8.00. The third-order valence-electron chi connectivity index (χ3n) is 3.03. The highest BCUT2D eigenvalue weighted by molar-refractivity contribution is 5.88. The molecule has 24 heavy (non-hydrogen) atoms. The van der Waals surface area contributed by atoms with Crippen molar-refractivity contribution in [1.29, 1.82) is 0 Å². The van der Waals surface area contributed by atoms with Crippen molar-refractivity contribution in [3.8, 4) is 0 Å². The minimum absolute atomic E-state index is 1.36. The molecule has 3 rings (SSSR count). The Labute approximate surface area is 150 Å². The molecule has 0 atom stereocenters. The minimum atomic E-state index is 1.36. The smallest absolute Gasteiger partial charge is 0.0152 e. The Morgan fingerprint density at radius 2 is 0.625 bits per heavy atom. The molecule has 132 valence electrons. The van der Waals surface area contributed by atoms with Crippen LogP contribution in [-0.2, 0) is 0 Å². The number of fused-ring (bicyclic) bond motifs is 1. The molecule has 0 nitrogen and oxygen atoms in total. The van der Waals surface area contributed by atoms with Gasteiger partial charge in [0.2, 0.25) is 0 Å². The van der Waals surface area contributed by atoms with Gasteiger partial charge in [0, 0.05) is 0 Å². The maximum Gasteiger partial charge on any atom is -0.0152 e. The molecular weight excluding hydrogens is 288 g/mol. The van der Waals surface area contributed by atoms with Gasteiger partial charge >= 0.3 is 0 Å². The number of hydrogen-bond donors (Lipinski definition) is 0. The van der Waals surface area contributed by atoms with Crippen molar-refractivity contribution in [3.63, 3.8) is 0 Å². The molecule has 0 fully saturated rings. The molecule has 0 N–H and O–H groups in total. The number of aryl methyl sites for hydroxylation is 2. The summed E-state index contributed by atoms with van der Waals surface area (Å²) in [4.78, 5) is 0. The van der Waals surface area contributed by atoms with E-state index in [1.165, 1.54) is 21.9 Å². The largest absolute Gasteiger partial charge is 0.0683 e. The van der Waals surface area contributed by atoms with Gasteiger partial charge in [0.05, 0.1) is 0 Å². The summed E-state index contributed by atoms with van der Waals surface area (Å²) in [6.45, 7) is 16.3. The lowest BCUT2D eigenvalue weighted by Crippen LogP contribution is -1.80. The summed E-state index contributed by atoms with van der Waals surface area (Å²) in [5.74, 6) is 0. The van der Waals surface area contributed by atoms with Gasteiger partial charge < -0.3 is 0 Å². The van der Waals surface area contributed by atoms with Crippen LogP contribution in [0.1, 0.15) is 52.7 Å². The van der Waals surface area contributed by atoms with Crippen molar-refractivity contribution in [3.05, 3.63) is 83.9 Å². The summed E-state index contributed by atoms with van der Waals surface area (Å²) < 4.78 is 0. The second-order valence-corrected chi connectivity index (χ2v) is 4.40. The van der Waals surface area contributed by atoms with E-state index < -0.39 is 0 Å². The summed E-state index contributed by atoms with van der Waals surface area (Å²) in [7, 11) is 0. The van der Waals surface area contributed by atoms with Gasteiger partial charge in [0.25, 0.3) is 0 Å². The third-order valence-corrected chi connectivity index (χ3v) is 3.03. The van der Waals surface area contributed by atoms with Gasteiger partial charge in [-0.3, -0.25) is 0 Å². The molecule has 0 spiro atoms. The van der Waals surface area contributed by atoms with Crippen LogP contribution >= 0.6 is 0 Å². The lowest BCUT2D eigenvalue weighted by atomic mass is 10.0. The van der Waals surface area contributed by atoms with Gasteiger partial charge in [-0.1, -0.05) is 114 Å². The Balaban J connectivity index is 0. The first-order valence-electron chi connectivity index (χ1n) is 9.24. The molecule has 0 bridgehead atoms. The van der Waals surface area contributed by atoms with Crippen LogP contribution in [0.3, 0.4) is 0 Å². The second-order valence-electron chi connectivity index (χ2n) is 4.40. The van der Waals surface area contributed by atoms with Crippen LogP contribution in [0.4, 0.5) is 0 Å². The van der Waals surface area contributed by atoms with E-state index in [1.807, 2.05) is 77.9 Å². The Hall–Kier alpha value is -2.08. The fraction of sp³-hybridized carbons (Fsp3) is 0.333. The predicted molar refractivity (Wildman–Crippen MR) is 114 cm³/mol. The van der Waals surface area contributed by atoms with E-state index in [2.05, 4.69) is 50.2 Å². The van der Waals surface area contributed by atoms with Crippen molar-refractivity contribution in [2.75, 3.05) is 0 Å². The van der Waals surface area contributed by atoms with Gasteiger partial charge in [-0.15, -0.1) is 0 Å². The van der Waals surface area contributed by atoms with Crippen LogP contribution < -0.4 is 0 Å². The Kier molecular flexibility index (Phi) is 17.4. The van der Waals surface area contributed by atoms with Crippen LogP contribution in [0.15, 0.2) is 72.8 Å². The zero-order valence-electron chi connectivity index (χ0n) is 16.9. The Morgan fingerprint density at radius 1 is 0.375 bits per heavy atom. The standard InChI is InChI=1S/C12H12.C6H6.3C2H6/c1-9-7-8-10(2)12-6-4-3-5-11(9)12;1-2-4-6-5-3-1;3*1-2/h3-8H,1-2H3;1-6H;3*1-2H3. The summed E-state index contributed by atoms with van der Waals surface area (Å²) in [5.41, 5.74) is 2.72. The molecule has 0 aliphatic rings. The maximum absolute atomic E-state index is 2.18. The van der Waals surface area contributed by atoms with Crippen LogP contribution in [-0.4, -0.2) is 0 Å². The van der Waals surface area contributed by atoms with Crippen LogP contribution in [0, 0.1) is 13.8 Å². The van der Waals surface area contributed by atoms with Gasteiger partial charge in [0.1, 0.15) is 0 Å². The number of benzene rings is 3. The molecule has 0 amide bonds. The summed E-state index contributed by atoms with van der Waals surface area (Å²) in [6, 6.07) is 24.9. The van der Waals surface area contributed by atoms with E-state index in [0.29, 0.717) is 0 Å². The minimum Gasteiger partial charge on any atom is -0.0683 e. The van der Waals surface area contributed by atoms with Gasteiger partial charge in [-0.2, -0.15) is 0 Å². The first-order chi connectivity index (χ1) is 11.8. The van der Waals surface area contributed by atoms with E-state index in [-0.39, 0.29) is 0 Å². The quantitative estimate of drug-likeness (QED) is 0.390. The lowest BCUT2D eigenvalue weighted by Gasteiger charge is -2.03. The molecule has 0 aliphatic carbocycles. The fourth-order valence-electron chi connectivity index (χ4n) is 1.99. The summed E-state index contributed by atoms with van der Waals surface area (Å²) in [5, 5.41) is 2.75. The predicted octanol–water partition coefficient (Wildman–Crippen LogP) is 8.22. The molecular formula is C24H36. The average Bonchev–Trinajstić information content (AvgIpc) is 2.71. The van der Waals surface area contributed by atoms with Crippen molar-refractivity contribution < 1.29 is 0 Å². The zero-order valence-corrected chi connectivity index (χ0v) is 16.9. The van der Waals surface area contributed by atoms with E-state index in [1.54, 1.807) is 0 Å². The topological polar surface area (TPSA) is 0 Å². The van der Waals surface area contributed by atoms with Crippen LogP contribution in [0.25, 0.3) is 10.8 Å². The van der Waals surface area contributed by atoms with Gasteiger partial charge in [-0.25, -0.2) is 0 Å². The first-order valence-corrected chi connectivity index (χ1v) is 9.24. The lowest BCUT2D eigenvalue weighted by molar-refractivity contribution is 1.46. The van der Waals surface area contributed by atoms with E-state index in [9.17, 15) is 0 Å². The Bertz CT molecular complexity index is 542. The molecule has 0 heterocycles. The summed E-state index contributed by atoms with van der Waals surface area (Å²) in [6.07, 6.45) is 0. The van der Waals surface area contributed by atoms with Crippen molar-refractivity contribution in [2.24, 2.45) is 0 Å². The molecule has 0 aromatic heterocycles. The first kappa shape index (κ1) is 24.2. The number of rotatable bonds is 0. The number of hydrogen-bond acceptors (Lipinski definition) is 0. The van der Waals surface area contributed by atoms with E-state index in [0.717, 1.165) is 0 Å².